The molecule has 0 radical (unpaired) electrons. The molecule has 2 rings (SSSR count). The maximum Gasteiger partial charge on any atom is 0.0194 e. The van der Waals surface area contributed by atoms with E-state index in [0.29, 0.717) is 0 Å². The Labute approximate surface area is 138 Å². The van der Waals surface area contributed by atoms with E-state index in [1.54, 1.807) is 0 Å². The molecular formula is C21H22S. The topological polar surface area (TPSA) is 0 Å². The van der Waals surface area contributed by atoms with Crippen molar-refractivity contribution in [1.29, 1.82) is 0 Å². The van der Waals surface area contributed by atoms with E-state index in [4.69, 9.17) is 6.42 Å². The molecule has 112 valence electrons. The van der Waals surface area contributed by atoms with E-state index in [9.17, 15) is 0 Å². The van der Waals surface area contributed by atoms with Gasteiger partial charge in [0, 0.05) is 22.5 Å². The molecule has 22 heavy (non-hydrogen) atoms. The third-order valence-electron chi connectivity index (χ3n) is 3.90. The summed E-state index contributed by atoms with van der Waals surface area (Å²) >= 11 is 1.87. The van der Waals surface area contributed by atoms with Gasteiger partial charge in [-0.2, -0.15) is 0 Å². The van der Waals surface area contributed by atoms with Gasteiger partial charge in [-0.15, -0.1) is 30.7 Å². The highest BCUT2D eigenvalue weighted by Crippen LogP contribution is 2.37. The van der Waals surface area contributed by atoms with Gasteiger partial charge in [0.05, 0.1) is 0 Å². The molecular weight excluding hydrogens is 284 g/mol. The van der Waals surface area contributed by atoms with E-state index in [-0.39, 0.29) is 5.41 Å². The predicted octanol–water partition coefficient (Wildman–Crippen LogP) is 5.62. The molecule has 0 amide bonds. The van der Waals surface area contributed by atoms with Gasteiger partial charge in [0.1, 0.15) is 0 Å². The summed E-state index contributed by atoms with van der Waals surface area (Å²) in [5.41, 5.74) is 2.54. The molecule has 0 bridgehead atoms. The maximum absolute atomic E-state index is 5.68. The van der Waals surface area contributed by atoms with Gasteiger partial charge in [-0.05, 0) is 31.0 Å². The molecule has 0 nitrogen and oxygen atoms in total. The van der Waals surface area contributed by atoms with Crippen molar-refractivity contribution in [2.45, 2.75) is 30.1 Å². The van der Waals surface area contributed by atoms with Crippen LogP contribution in [0.3, 0.4) is 0 Å². The molecule has 0 fully saturated rings. The second-order valence-electron chi connectivity index (χ2n) is 5.62. The molecule has 0 aliphatic carbocycles. The molecule has 0 saturated heterocycles. The van der Waals surface area contributed by atoms with Gasteiger partial charge in [-0.25, -0.2) is 0 Å². The lowest BCUT2D eigenvalue weighted by atomic mass is 9.77. The smallest absolute Gasteiger partial charge is 0.0194 e. The summed E-state index contributed by atoms with van der Waals surface area (Å²) in [5, 5.41) is 0. The fraction of sp³-hybridized carbons (Fsp3) is 0.238. The van der Waals surface area contributed by atoms with Crippen molar-refractivity contribution in [1.82, 2.24) is 0 Å². The lowest BCUT2D eigenvalue weighted by Gasteiger charge is -2.31. The lowest BCUT2D eigenvalue weighted by molar-refractivity contribution is 0.503. The minimum absolute atomic E-state index is 0.0483. The van der Waals surface area contributed by atoms with E-state index < -0.39 is 0 Å². The van der Waals surface area contributed by atoms with Crippen molar-refractivity contribution in [3.8, 4) is 12.3 Å². The van der Waals surface area contributed by atoms with Crippen molar-refractivity contribution in [3.05, 3.63) is 78.4 Å². The first kappa shape index (κ1) is 16.5. The Hall–Kier alpha value is -1.91. The average Bonchev–Trinajstić information content (AvgIpc) is 2.55. The van der Waals surface area contributed by atoms with Gasteiger partial charge in [-0.1, -0.05) is 54.1 Å². The van der Waals surface area contributed by atoms with Crippen LogP contribution >= 0.6 is 11.8 Å². The second kappa shape index (κ2) is 7.92. The molecule has 0 N–H and O–H groups in total. The van der Waals surface area contributed by atoms with Crippen LogP contribution < -0.4 is 0 Å². The van der Waals surface area contributed by atoms with Crippen LogP contribution in [0.4, 0.5) is 0 Å². The van der Waals surface area contributed by atoms with Crippen molar-refractivity contribution in [3.63, 3.8) is 0 Å². The van der Waals surface area contributed by atoms with Crippen molar-refractivity contribution >= 4 is 11.8 Å². The first-order valence-corrected chi connectivity index (χ1v) is 8.48. The first-order valence-electron chi connectivity index (χ1n) is 7.49. The molecule has 1 atom stereocenters. The summed E-state index contributed by atoms with van der Waals surface area (Å²) in [6, 6.07) is 19.2. The Morgan fingerprint density at radius 3 is 2.41 bits per heavy atom. The van der Waals surface area contributed by atoms with E-state index >= 15 is 0 Å². The van der Waals surface area contributed by atoms with Gasteiger partial charge >= 0.3 is 0 Å². The van der Waals surface area contributed by atoms with Gasteiger partial charge in [0.15, 0.2) is 0 Å². The van der Waals surface area contributed by atoms with Gasteiger partial charge in [0.2, 0.25) is 0 Å². The van der Waals surface area contributed by atoms with Crippen LogP contribution in [-0.2, 0) is 5.41 Å². The Morgan fingerprint density at radius 2 is 1.82 bits per heavy atom. The van der Waals surface area contributed by atoms with E-state index in [1.807, 2.05) is 23.9 Å². The summed E-state index contributed by atoms with van der Waals surface area (Å²) in [5.74, 6) is 3.83. The highest BCUT2D eigenvalue weighted by atomic mass is 32.2. The van der Waals surface area contributed by atoms with Crippen LogP contribution in [0.25, 0.3) is 0 Å². The number of allylic oxidation sites excluding steroid dienone is 1. The third kappa shape index (κ3) is 4.06. The van der Waals surface area contributed by atoms with Crippen LogP contribution in [0.1, 0.15) is 24.0 Å². The number of aryl methyl sites for hydroxylation is 1. The first-order chi connectivity index (χ1) is 10.7. The summed E-state index contributed by atoms with van der Waals surface area (Å²) in [6.07, 6.45) is 9.28. The highest BCUT2D eigenvalue weighted by Gasteiger charge is 2.30. The van der Waals surface area contributed by atoms with Crippen LogP contribution in [0.15, 0.2) is 72.1 Å². The summed E-state index contributed by atoms with van der Waals surface area (Å²) in [7, 11) is 0. The molecule has 0 spiro atoms. The molecule has 0 aliphatic heterocycles. The second-order valence-corrected chi connectivity index (χ2v) is 6.67. The van der Waals surface area contributed by atoms with Gasteiger partial charge in [-0.3, -0.25) is 0 Å². The summed E-state index contributed by atoms with van der Waals surface area (Å²) < 4.78 is 0. The zero-order chi connectivity index (χ0) is 15.8. The number of terminal acetylenes is 1. The number of hydrogen-bond acceptors (Lipinski definition) is 1. The molecule has 0 aliphatic rings. The Morgan fingerprint density at radius 1 is 1.14 bits per heavy atom. The van der Waals surface area contributed by atoms with Crippen molar-refractivity contribution < 1.29 is 0 Å². The highest BCUT2D eigenvalue weighted by molar-refractivity contribution is 7.99. The molecule has 0 heterocycles. The fourth-order valence-electron chi connectivity index (χ4n) is 2.60. The van der Waals surface area contributed by atoms with Crippen LogP contribution in [0.2, 0.25) is 0 Å². The van der Waals surface area contributed by atoms with E-state index in [0.717, 1.165) is 18.6 Å². The SMILES string of the molecule is C#CCC(CC=C)(CSc1ccc(C)cc1)c1ccccc1. The molecule has 0 aromatic heterocycles. The van der Waals surface area contributed by atoms with E-state index in [1.165, 1.54) is 16.0 Å². The van der Waals surface area contributed by atoms with Crippen LogP contribution in [0, 0.1) is 19.3 Å². The molecule has 2 aromatic rings. The van der Waals surface area contributed by atoms with Crippen LogP contribution in [0.5, 0.6) is 0 Å². The van der Waals surface area contributed by atoms with Gasteiger partial charge < -0.3 is 0 Å². The average molecular weight is 306 g/mol. The minimum Gasteiger partial charge on any atom is -0.125 e. The normalized spacial score (nSPS) is 13.1. The Bertz CT molecular complexity index is 634. The molecule has 0 saturated carbocycles. The van der Waals surface area contributed by atoms with Crippen molar-refractivity contribution in [2.24, 2.45) is 0 Å². The largest absolute Gasteiger partial charge is 0.125 e. The maximum atomic E-state index is 5.68. The molecule has 1 unspecified atom stereocenters. The number of hydrogen-bond donors (Lipinski definition) is 0. The van der Waals surface area contributed by atoms with E-state index in [2.05, 4.69) is 68.0 Å². The fourth-order valence-corrected chi connectivity index (χ4v) is 3.76. The third-order valence-corrected chi connectivity index (χ3v) is 5.20. The summed E-state index contributed by atoms with van der Waals surface area (Å²) in [4.78, 5) is 1.28. The molecule has 1 heteroatoms. The lowest BCUT2D eigenvalue weighted by Crippen LogP contribution is -2.28. The number of benzene rings is 2. The molecule has 2 aromatic carbocycles. The van der Waals surface area contributed by atoms with Crippen LogP contribution in [-0.4, -0.2) is 5.75 Å². The van der Waals surface area contributed by atoms with Gasteiger partial charge in [0.25, 0.3) is 0 Å². The summed E-state index contributed by atoms with van der Waals surface area (Å²) in [6.45, 7) is 6.05. The monoisotopic (exact) mass is 306 g/mol. The quantitative estimate of drug-likeness (QED) is 0.363. The standard InChI is InChI=1S/C21H22S/c1-4-15-21(16-5-2,19-9-7-6-8-10-19)17-22-20-13-11-18(3)12-14-20/h1,5-14H,2,15-17H2,3H3. The zero-order valence-electron chi connectivity index (χ0n) is 13.1. The Balaban J connectivity index is 2.25. The zero-order valence-corrected chi connectivity index (χ0v) is 13.9. The predicted molar refractivity (Wildman–Crippen MR) is 98.3 cm³/mol. The number of thioether (sulfide) groups is 1. The number of rotatable bonds is 7. The minimum atomic E-state index is -0.0483. The Kier molecular flexibility index (Phi) is 5.92. The van der Waals surface area contributed by atoms with Crippen molar-refractivity contribution in [2.75, 3.05) is 5.75 Å².